The van der Waals surface area contributed by atoms with E-state index in [-0.39, 0.29) is 13.1 Å². The molecule has 140 valence electrons. The SMILES string of the molecule is CCN(CCc1ccc2c(c1)C(C)(C)C(OC(=O)NC)O2)S(=O)(=O)O. The van der Waals surface area contributed by atoms with Gasteiger partial charge in [-0.05, 0) is 31.9 Å². The topological polar surface area (TPSA) is 105 Å². The Labute approximate surface area is 148 Å². The maximum absolute atomic E-state index is 11.5. The van der Waals surface area contributed by atoms with E-state index in [1.165, 1.54) is 7.05 Å². The first-order valence-corrected chi connectivity index (χ1v) is 9.40. The molecule has 1 aliphatic heterocycles. The summed E-state index contributed by atoms with van der Waals surface area (Å²) in [4.78, 5) is 11.5. The van der Waals surface area contributed by atoms with Crippen LogP contribution in [0.1, 0.15) is 31.9 Å². The number of ether oxygens (including phenoxy) is 2. The van der Waals surface area contributed by atoms with Crippen LogP contribution in [0, 0.1) is 0 Å². The van der Waals surface area contributed by atoms with E-state index in [1.807, 2.05) is 26.0 Å². The number of amides is 1. The van der Waals surface area contributed by atoms with Crippen molar-refractivity contribution in [3.63, 3.8) is 0 Å². The molecular formula is C16H24N2O6S. The molecule has 1 heterocycles. The Morgan fingerprint density at radius 3 is 2.68 bits per heavy atom. The Morgan fingerprint density at radius 1 is 1.44 bits per heavy atom. The van der Waals surface area contributed by atoms with Crippen LogP contribution in [0.4, 0.5) is 4.79 Å². The van der Waals surface area contributed by atoms with Crippen LogP contribution in [0.15, 0.2) is 18.2 Å². The van der Waals surface area contributed by atoms with Crippen LogP contribution in [0.5, 0.6) is 5.75 Å². The van der Waals surface area contributed by atoms with Gasteiger partial charge < -0.3 is 14.8 Å². The lowest BCUT2D eigenvalue weighted by Gasteiger charge is -2.25. The van der Waals surface area contributed by atoms with Crippen molar-refractivity contribution in [3.8, 4) is 5.75 Å². The van der Waals surface area contributed by atoms with Crippen molar-refractivity contribution >= 4 is 16.4 Å². The van der Waals surface area contributed by atoms with Gasteiger partial charge in [0.1, 0.15) is 5.75 Å². The normalized spacial score (nSPS) is 18.6. The quantitative estimate of drug-likeness (QED) is 0.737. The lowest BCUT2D eigenvalue weighted by molar-refractivity contribution is -0.0558. The Balaban J connectivity index is 2.16. The van der Waals surface area contributed by atoms with Crippen molar-refractivity contribution in [2.75, 3.05) is 20.1 Å². The maximum atomic E-state index is 11.5. The van der Waals surface area contributed by atoms with Gasteiger partial charge in [-0.3, -0.25) is 4.55 Å². The molecule has 2 rings (SSSR count). The smallest absolute Gasteiger partial charge is 0.409 e. The fraction of sp³-hybridized carbons (Fsp3) is 0.562. The number of nitrogens with zero attached hydrogens (tertiary/aromatic N) is 1. The molecule has 0 aliphatic carbocycles. The second kappa shape index (κ2) is 7.19. The number of hydrogen-bond donors (Lipinski definition) is 2. The minimum atomic E-state index is -4.20. The van der Waals surface area contributed by atoms with Crippen LogP contribution in [-0.4, -0.2) is 49.8 Å². The molecule has 0 radical (unpaired) electrons. The lowest BCUT2D eigenvalue weighted by atomic mass is 9.84. The van der Waals surface area contributed by atoms with E-state index in [2.05, 4.69) is 5.32 Å². The Hall–Kier alpha value is -1.84. The van der Waals surface area contributed by atoms with Gasteiger partial charge in [0, 0.05) is 25.7 Å². The molecule has 0 saturated carbocycles. The van der Waals surface area contributed by atoms with E-state index in [0.29, 0.717) is 12.2 Å². The van der Waals surface area contributed by atoms with Gasteiger partial charge in [-0.1, -0.05) is 19.1 Å². The molecule has 1 amide bonds. The van der Waals surface area contributed by atoms with Gasteiger partial charge in [0.25, 0.3) is 6.29 Å². The van der Waals surface area contributed by atoms with Crippen LogP contribution in [0.2, 0.25) is 0 Å². The summed E-state index contributed by atoms with van der Waals surface area (Å²) in [6.07, 6.45) is -0.877. The summed E-state index contributed by atoms with van der Waals surface area (Å²) < 4.78 is 43.7. The highest BCUT2D eigenvalue weighted by Crippen LogP contribution is 2.43. The van der Waals surface area contributed by atoms with Crippen molar-refractivity contribution in [1.29, 1.82) is 0 Å². The second-order valence-electron chi connectivity index (χ2n) is 6.38. The maximum Gasteiger partial charge on any atom is 0.409 e. The molecule has 0 aromatic heterocycles. The highest BCUT2D eigenvalue weighted by molar-refractivity contribution is 7.83. The van der Waals surface area contributed by atoms with Crippen LogP contribution in [0.3, 0.4) is 0 Å². The second-order valence-corrected chi connectivity index (χ2v) is 7.79. The summed E-state index contributed by atoms with van der Waals surface area (Å²) in [5.74, 6) is 0.629. The first-order valence-electron chi connectivity index (χ1n) is 8.00. The zero-order valence-corrected chi connectivity index (χ0v) is 15.6. The number of rotatable bonds is 6. The van der Waals surface area contributed by atoms with Gasteiger partial charge in [-0.25, -0.2) is 4.79 Å². The highest BCUT2D eigenvalue weighted by atomic mass is 32.2. The molecule has 1 aromatic rings. The summed E-state index contributed by atoms with van der Waals surface area (Å²) >= 11 is 0. The van der Waals surface area contributed by atoms with E-state index in [0.717, 1.165) is 15.4 Å². The molecule has 0 bridgehead atoms. The van der Waals surface area contributed by atoms with Gasteiger partial charge in [-0.15, -0.1) is 0 Å². The van der Waals surface area contributed by atoms with Crippen LogP contribution >= 0.6 is 0 Å². The van der Waals surface area contributed by atoms with Crippen molar-refractivity contribution in [3.05, 3.63) is 29.3 Å². The summed E-state index contributed by atoms with van der Waals surface area (Å²) in [7, 11) is -2.72. The molecule has 0 spiro atoms. The van der Waals surface area contributed by atoms with E-state index >= 15 is 0 Å². The molecule has 1 atom stereocenters. The van der Waals surface area contributed by atoms with E-state index in [9.17, 15) is 13.2 Å². The predicted octanol–water partition coefficient (Wildman–Crippen LogP) is 1.71. The Kier molecular flexibility index (Phi) is 5.60. The molecule has 1 aliphatic rings. The van der Waals surface area contributed by atoms with E-state index < -0.39 is 28.1 Å². The highest BCUT2D eigenvalue weighted by Gasteiger charge is 2.44. The number of nitrogens with one attached hydrogen (secondary N) is 1. The Morgan fingerprint density at radius 2 is 2.12 bits per heavy atom. The molecule has 25 heavy (non-hydrogen) atoms. The number of carbonyl (C=O) groups is 1. The number of alkyl carbamates (subject to hydrolysis) is 1. The average molecular weight is 372 g/mol. The molecule has 9 heteroatoms. The molecule has 1 unspecified atom stereocenters. The summed E-state index contributed by atoms with van der Waals surface area (Å²) in [6, 6.07) is 5.53. The minimum absolute atomic E-state index is 0.174. The number of carbonyl (C=O) groups excluding carboxylic acids is 1. The summed E-state index contributed by atoms with van der Waals surface area (Å²) in [6.45, 7) is 5.85. The average Bonchev–Trinajstić information content (AvgIpc) is 2.77. The van der Waals surface area contributed by atoms with Crippen molar-refractivity contribution in [1.82, 2.24) is 9.62 Å². The molecule has 2 N–H and O–H groups in total. The first-order chi connectivity index (χ1) is 11.6. The van der Waals surface area contributed by atoms with Crippen molar-refractivity contribution in [2.24, 2.45) is 0 Å². The lowest BCUT2D eigenvalue weighted by Crippen LogP contribution is -2.39. The van der Waals surface area contributed by atoms with Gasteiger partial charge in [0.2, 0.25) is 0 Å². The number of fused-ring (bicyclic) bond motifs is 1. The van der Waals surface area contributed by atoms with Gasteiger partial charge in [-0.2, -0.15) is 12.7 Å². The van der Waals surface area contributed by atoms with Crippen LogP contribution in [-0.2, 0) is 26.9 Å². The third-order valence-corrected chi connectivity index (χ3v) is 5.40. The molecule has 1 aromatic carbocycles. The largest absolute Gasteiger partial charge is 0.453 e. The predicted molar refractivity (Wildman–Crippen MR) is 91.9 cm³/mol. The van der Waals surface area contributed by atoms with Crippen molar-refractivity contribution in [2.45, 2.75) is 38.9 Å². The number of likely N-dealkylation sites (N-methyl/N-ethyl adjacent to an activating group) is 1. The van der Waals surface area contributed by atoms with Gasteiger partial charge >= 0.3 is 16.4 Å². The molecule has 8 nitrogen and oxygen atoms in total. The number of benzene rings is 1. The zero-order valence-electron chi connectivity index (χ0n) is 14.8. The standard InChI is InChI=1S/C16H24N2O6S/c1-5-18(25(20,21)22)9-8-11-6-7-13-12(10-11)16(2,3)14(23-13)24-15(19)17-4/h6-7,10,14H,5,8-9H2,1-4H3,(H,17,19)(H,20,21,22). The van der Waals surface area contributed by atoms with Crippen molar-refractivity contribution < 1.29 is 27.2 Å². The van der Waals surface area contributed by atoms with Crippen LogP contribution < -0.4 is 10.1 Å². The molecule has 0 saturated heterocycles. The summed E-state index contributed by atoms with van der Waals surface area (Å²) in [5.41, 5.74) is 1.23. The van der Waals surface area contributed by atoms with Crippen LogP contribution in [0.25, 0.3) is 0 Å². The third-order valence-electron chi connectivity index (χ3n) is 4.31. The van der Waals surface area contributed by atoms with E-state index in [4.69, 9.17) is 14.0 Å². The third kappa shape index (κ3) is 4.23. The fourth-order valence-electron chi connectivity index (χ4n) is 2.75. The van der Waals surface area contributed by atoms with E-state index in [1.54, 1.807) is 13.0 Å². The molecular weight excluding hydrogens is 348 g/mol. The number of hydrogen-bond acceptors (Lipinski definition) is 5. The summed E-state index contributed by atoms with van der Waals surface area (Å²) in [5, 5.41) is 2.39. The Bertz CT molecular complexity index is 747. The molecule has 0 fully saturated rings. The fourth-order valence-corrected chi connectivity index (χ4v) is 3.39. The van der Waals surface area contributed by atoms with Gasteiger partial charge in [0.05, 0.1) is 5.41 Å². The van der Waals surface area contributed by atoms with Gasteiger partial charge in [0.15, 0.2) is 0 Å². The zero-order chi connectivity index (χ0) is 18.8. The monoisotopic (exact) mass is 372 g/mol. The first kappa shape index (κ1) is 19.5. The minimum Gasteiger partial charge on any atom is -0.453 e.